The molecule has 0 aliphatic carbocycles. The summed E-state index contributed by atoms with van der Waals surface area (Å²) in [6, 6.07) is 4.85. The molecule has 0 unspecified atom stereocenters. The Hall–Kier alpha value is -1.47. The summed E-state index contributed by atoms with van der Waals surface area (Å²) in [4.78, 5) is 14.6. The Kier molecular flexibility index (Phi) is 4.27. The molecule has 0 aliphatic rings. The first-order valence-corrected chi connectivity index (χ1v) is 6.95. The number of nitrogens with one attached hydrogen (secondary N) is 1. The van der Waals surface area contributed by atoms with Gasteiger partial charge in [-0.05, 0) is 12.1 Å². The second kappa shape index (κ2) is 5.92. The molecule has 0 radical (unpaired) electrons. The molecule has 1 heterocycles. The maximum absolute atomic E-state index is 10.9. The topological polar surface area (TPSA) is 68.1 Å². The van der Waals surface area contributed by atoms with Crippen LogP contribution >= 0.6 is 27.3 Å². The summed E-state index contributed by atoms with van der Waals surface area (Å²) in [6.45, 7) is 0.612. The summed E-state index contributed by atoms with van der Waals surface area (Å²) in [5, 5.41) is 15.9. The van der Waals surface area contributed by atoms with Gasteiger partial charge in [0.25, 0.3) is 5.69 Å². The van der Waals surface area contributed by atoms with E-state index in [1.165, 1.54) is 6.07 Å². The van der Waals surface area contributed by atoms with Gasteiger partial charge in [0.05, 0.1) is 16.1 Å². The molecule has 0 spiro atoms. The fourth-order valence-corrected chi connectivity index (χ4v) is 2.45. The maximum atomic E-state index is 10.9. The molecule has 2 rings (SSSR count). The fourth-order valence-electron chi connectivity index (χ4n) is 1.50. The Balaban J connectivity index is 2.03. The van der Waals surface area contributed by atoms with E-state index in [9.17, 15) is 10.1 Å². The van der Waals surface area contributed by atoms with Crippen LogP contribution in [0.1, 0.15) is 5.69 Å². The molecule has 2 aromatic rings. The standard InChI is InChI=1S/C11H10BrN3O2S/c12-8-1-2-11(15(16)17)10(5-8)13-4-3-9-6-18-7-14-9/h1-2,5-7,13H,3-4H2. The molecule has 18 heavy (non-hydrogen) atoms. The van der Waals surface area contributed by atoms with E-state index in [4.69, 9.17) is 0 Å². The van der Waals surface area contributed by atoms with Crippen LogP contribution < -0.4 is 5.32 Å². The molecule has 1 aromatic carbocycles. The number of rotatable bonds is 5. The van der Waals surface area contributed by atoms with Crippen molar-refractivity contribution in [3.8, 4) is 0 Å². The van der Waals surface area contributed by atoms with Crippen LogP contribution in [-0.2, 0) is 6.42 Å². The van der Waals surface area contributed by atoms with Gasteiger partial charge < -0.3 is 5.32 Å². The Labute approximate surface area is 116 Å². The highest BCUT2D eigenvalue weighted by Gasteiger charge is 2.13. The molecular formula is C11H10BrN3O2S. The molecular weight excluding hydrogens is 318 g/mol. The van der Waals surface area contributed by atoms with Crippen molar-refractivity contribution in [1.82, 2.24) is 4.98 Å². The van der Waals surface area contributed by atoms with E-state index in [0.29, 0.717) is 12.2 Å². The number of thiazole rings is 1. The molecule has 1 aromatic heterocycles. The average Bonchev–Trinajstić information content (AvgIpc) is 2.82. The van der Waals surface area contributed by atoms with Gasteiger partial charge in [-0.15, -0.1) is 11.3 Å². The molecule has 0 atom stereocenters. The number of nitrogens with zero attached hydrogens (tertiary/aromatic N) is 2. The highest BCUT2D eigenvalue weighted by Crippen LogP contribution is 2.27. The van der Waals surface area contributed by atoms with Crippen LogP contribution in [0.15, 0.2) is 33.6 Å². The second-order valence-corrected chi connectivity index (χ2v) is 5.21. The van der Waals surface area contributed by atoms with E-state index in [2.05, 4.69) is 26.2 Å². The van der Waals surface area contributed by atoms with Crippen molar-refractivity contribution in [2.75, 3.05) is 11.9 Å². The van der Waals surface area contributed by atoms with Crippen molar-refractivity contribution < 1.29 is 4.92 Å². The Morgan fingerprint density at radius 2 is 2.33 bits per heavy atom. The molecule has 0 aliphatic heterocycles. The molecule has 0 bridgehead atoms. The van der Waals surface area contributed by atoms with Crippen molar-refractivity contribution in [2.24, 2.45) is 0 Å². The monoisotopic (exact) mass is 327 g/mol. The SMILES string of the molecule is O=[N+]([O-])c1ccc(Br)cc1NCCc1cscn1. The summed E-state index contributed by atoms with van der Waals surface area (Å²) < 4.78 is 0.809. The minimum absolute atomic E-state index is 0.0801. The van der Waals surface area contributed by atoms with Gasteiger partial charge in [0.1, 0.15) is 5.69 Å². The minimum Gasteiger partial charge on any atom is -0.379 e. The number of nitro groups is 1. The van der Waals surface area contributed by atoms with Crippen LogP contribution in [0.3, 0.4) is 0 Å². The van der Waals surface area contributed by atoms with Gasteiger partial charge in [0.2, 0.25) is 0 Å². The summed E-state index contributed by atoms with van der Waals surface area (Å²) in [5.41, 5.74) is 3.36. The fraction of sp³-hybridized carbons (Fsp3) is 0.182. The predicted octanol–water partition coefficient (Wildman–Crippen LogP) is 3.47. The van der Waals surface area contributed by atoms with E-state index in [1.54, 1.807) is 29.0 Å². The van der Waals surface area contributed by atoms with Crippen LogP contribution in [0.2, 0.25) is 0 Å². The van der Waals surface area contributed by atoms with Gasteiger partial charge >= 0.3 is 0 Å². The maximum Gasteiger partial charge on any atom is 0.292 e. The van der Waals surface area contributed by atoms with Crippen molar-refractivity contribution in [2.45, 2.75) is 6.42 Å². The van der Waals surface area contributed by atoms with E-state index >= 15 is 0 Å². The van der Waals surface area contributed by atoms with Gasteiger partial charge in [0, 0.05) is 28.9 Å². The quantitative estimate of drug-likeness (QED) is 0.674. The van der Waals surface area contributed by atoms with Crippen LogP contribution in [0.25, 0.3) is 0 Å². The van der Waals surface area contributed by atoms with Gasteiger partial charge in [-0.2, -0.15) is 0 Å². The van der Waals surface area contributed by atoms with Gasteiger partial charge in [-0.25, -0.2) is 4.98 Å². The predicted molar refractivity (Wildman–Crippen MR) is 75.1 cm³/mol. The third-order valence-electron chi connectivity index (χ3n) is 2.34. The van der Waals surface area contributed by atoms with Crippen molar-refractivity contribution in [3.63, 3.8) is 0 Å². The van der Waals surface area contributed by atoms with E-state index in [-0.39, 0.29) is 5.69 Å². The number of hydrogen-bond acceptors (Lipinski definition) is 5. The molecule has 7 heteroatoms. The summed E-state index contributed by atoms with van der Waals surface area (Å²) in [5.74, 6) is 0. The van der Waals surface area contributed by atoms with E-state index < -0.39 is 4.92 Å². The lowest BCUT2D eigenvalue weighted by atomic mass is 10.2. The number of nitro benzene ring substituents is 1. The highest BCUT2D eigenvalue weighted by molar-refractivity contribution is 9.10. The zero-order valence-electron chi connectivity index (χ0n) is 9.30. The number of anilines is 1. The third-order valence-corrected chi connectivity index (χ3v) is 3.46. The van der Waals surface area contributed by atoms with Gasteiger partial charge in [-0.1, -0.05) is 15.9 Å². The van der Waals surface area contributed by atoms with E-state index in [0.717, 1.165) is 16.6 Å². The van der Waals surface area contributed by atoms with Crippen molar-refractivity contribution in [3.05, 3.63) is 49.4 Å². The molecule has 5 nitrogen and oxygen atoms in total. The van der Waals surface area contributed by atoms with Crippen molar-refractivity contribution >= 4 is 38.6 Å². The van der Waals surface area contributed by atoms with Crippen molar-refractivity contribution in [1.29, 1.82) is 0 Å². The van der Waals surface area contributed by atoms with Crippen LogP contribution in [0.5, 0.6) is 0 Å². The molecule has 0 amide bonds. The van der Waals surface area contributed by atoms with Crippen LogP contribution in [0, 0.1) is 10.1 Å². The molecule has 0 saturated carbocycles. The molecule has 0 saturated heterocycles. The summed E-state index contributed by atoms with van der Waals surface area (Å²) in [6.07, 6.45) is 0.743. The molecule has 0 fully saturated rings. The normalized spacial score (nSPS) is 10.3. The lowest BCUT2D eigenvalue weighted by molar-refractivity contribution is -0.384. The van der Waals surface area contributed by atoms with E-state index in [1.807, 2.05) is 5.38 Å². The lowest BCUT2D eigenvalue weighted by Gasteiger charge is -2.06. The van der Waals surface area contributed by atoms with Crippen LogP contribution in [0.4, 0.5) is 11.4 Å². The Bertz CT molecular complexity index is 545. The number of benzene rings is 1. The first kappa shape index (κ1) is 13.0. The summed E-state index contributed by atoms with van der Waals surface area (Å²) in [7, 11) is 0. The largest absolute Gasteiger partial charge is 0.379 e. The Morgan fingerprint density at radius 3 is 3.00 bits per heavy atom. The smallest absolute Gasteiger partial charge is 0.292 e. The minimum atomic E-state index is -0.391. The zero-order valence-corrected chi connectivity index (χ0v) is 11.7. The van der Waals surface area contributed by atoms with Crippen LogP contribution in [-0.4, -0.2) is 16.5 Å². The number of hydrogen-bond donors (Lipinski definition) is 1. The lowest BCUT2D eigenvalue weighted by Crippen LogP contribution is -2.07. The van der Waals surface area contributed by atoms with Gasteiger partial charge in [0.15, 0.2) is 0 Å². The second-order valence-electron chi connectivity index (χ2n) is 3.58. The first-order chi connectivity index (χ1) is 8.66. The third kappa shape index (κ3) is 3.27. The molecule has 1 N–H and O–H groups in total. The average molecular weight is 328 g/mol. The number of halogens is 1. The number of aromatic nitrogens is 1. The zero-order chi connectivity index (χ0) is 13.0. The highest BCUT2D eigenvalue weighted by atomic mass is 79.9. The Morgan fingerprint density at radius 1 is 1.50 bits per heavy atom. The summed E-state index contributed by atoms with van der Waals surface area (Å²) >= 11 is 4.84. The first-order valence-electron chi connectivity index (χ1n) is 5.21. The molecule has 94 valence electrons. The van der Waals surface area contributed by atoms with Gasteiger partial charge in [-0.3, -0.25) is 10.1 Å².